The number of hydrogen-bond donors (Lipinski definition) is 0. The van der Waals surface area contributed by atoms with E-state index in [9.17, 15) is 12.8 Å². The quantitative estimate of drug-likeness (QED) is 0.815. The predicted molar refractivity (Wildman–Crippen MR) is 60.1 cm³/mol. The molecule has 0 unspecified atom stereocenters. The first-order valence-corrected chi connectivity index (χ1v) is 6.96. The van der Waals surface area contributed by atoms with Gasteiger partial charge in [0.05, 0.1) is 11.5 Å². The van der Waals surface area contributed by atoms with Gasteiger partial charge < -0.3 is 0 Å². The van der Waals surface area contributed by atoms with Gasteiger partial charge in [-0.1, -0.05) is 10.5 Å². The van der Waals surface area contributed by atoms with Gasteiger partial charge in [0.1, 0.15) is 5.82 Å². The Morgan fingerprint density at radius 1 is 1.24 bits per heavy atom. The smallest absolute Gasteiger partial charge is 0.265 e. The van der Waals surface area contributed by atoms with Crippen molar-refractivity contribution in [2.45, 2.75) is 24.2 Å². The highest BCUT2D eigenvalue weighted by Crippen LogP contribution is 2.19. The molecule has 1 aliphatic rings. The Bertz CT molecular complexity index is 481. The van der Waals surface area contributed by atoms with Crippen molar-refractivity contribution in [3.63, 3.8) is 0 Å². The zero-order valence-electron chi connectivity index (χ0n) is 9.30. The summed E-state index contributed by atoms with van der Waals surface area (Å²) in [7, 11) is -3.74. The summed E-state index contributed by atoms with van der Waals surface area (Å²) in [5, 5.41) is 0. The molecule has 0 amide bonds. The van der Waals surface area contributed by atoms with Crippen molar-refractivity contribution in [1.82, 2.24) is 4.47 Å². The van der Waals surface area contributed by atoms with Crippen molar-refractivity contribution in [2.24, 2.45) is 0 Å². The molecule has 0 N–H and O–H groups in total. The lowest BCUT2D eigenvalue weighted by Gasteiger charge is -2.18. The normalized spacial score (nSPS) is 18.9. The fraction of sp³-hybridized carbons (Fsp3) is 0.455. The number of benzene rings is 1. The zero-order valence-corrected chi connectivity index (χ0v) is 10.1. The first-order valence-electron chi connectivity index (χ1n) is 5.52. The van der Waals surface area contributed by atoms with Crippen molar-refractivity contribution in [1.29, 1.82) is 0 Å². The van der Waals surface area contributed by atoms with E-state index in [1.807, 2.05) is 0 Å². The van der Waals surface area contributed by atoms with Gasteiger partial charge in [-0.25, -0.2) is 12.8 Å². The number of sulfonamides is 1. The third kappa shape index (κ3) is 2.83. The fourth-order valence-electron chi connectivity index (χ4n) is 1.69. The number of nitrogens with zero attached hydrogens (tertiary/aromatic N) is 1. The summed E-state index contributed by atoms with van der Waals surface area (Å²) in [6.45, 7) is 0.702. The summed E-state index contributed by atoms with van der Waals surface area (Å²) < 4.78 is 38.2. The monoisotopic (exact) mass is 259 g/mol. The van der Waals surface area contributed by atoms with Gasteiger partial charge >= 0.3 is 0 Å². The Morgan fingerprint density at radius 3 is 2.82 bits per heavy atom. The lowest BCUT2D eigenvalue weighted by atomic mass is 10.2. The van der Waals surface area contributed by atoms with Crippen molar-refractivity contribution in [3.05, 3.63) is 30.1 Å². The molecule has 6 heteroatoms. The van der Waals surface area contributed by atoms with Crippen LogP contribution in [-0.2, 0) is 14.9 Å². The van der Waals surface area contributed by atoms with Crippen LogP contribution in [0.5, 0.6) is 0 Å². The molecule has 0 radical (unpaired) electrons. The van der Waals surface area contributed by atoms with E-state index in [-0.39, 0.29) is 4.90 Å². The molecule has 2 rings (SSSR count). The third-order valence-corrected chi connectivity index (χ3v) is 4.26. The SMILES string of the molecule is O=S(=O)(c1cccc(F)c1)N1CCCCCO1. The molecule has 0 aromatic heterocycles. The summed E-state index contributed by atoms with van der Waals surface area (Å²) in [5.74, 6) is -0.569. The second-order valence-corrected chi connectivity index (χ2v) is 5.71. The lowest BCUT2D eigenvalue weighted by molar-refractivity contribution is -0.0748. The third-order valence-electron chi connectivity index (χ3n) is 2.58. The minimum Gasteiger partial charge on any atom is -0.284 e. The molecule has 4 nitrogen and oxygen atoms in total. The lowest BCUT2D eigenvalue weighted by Crippen LogP contribution is -2.31. The van der Waals surface area contributed by atoms with Crippen LogP contribution in [0.25, 0.3) is 0 Å². The van der Waals surface area contributed by atoms with E-state index >= 15 is 0 Å². The van der Waals surface area contributed by atoms with Gasteiger partial charge in [-0.15, -0.1) is 0 Å². The minimum absolute atomic E-state index is 0.0700. The van der Waals surface area contributed by atoms with Gasteiger partial charge in [0.15, 0.2) is 0 Å². The van der Waals surface area contributed by atoms with Crippen LogP contribution in [0.1, 0.15) is 19.3 Å². The van der Waals surface area contributed by atoms with Crippen LogP contribution in [0, 0.1) is 5.82 Å². The molecular weight excluding hydrogens is 245 g/mol. The maximum Gasteiger partial charge on any atom is 0.265 e. The molecule has 0 bridgehead atoms. The molecule has 1 aromatic rings. The topological polar surface area (TPSA) is 46.6 Å². The molecule has 94 valence electrons. The maximum atomic E-state index is 13.0. The van der Waals surface area contributed by atoms with E-state index in [1.54, 1.807) is 0 Å². The van der Waals surface area contributed by atoms with Gasteiger partial charge in [0.25, 0.3) is 10.0 Å². The number of halogens is 1. The van der Waals surface area contributed by atoms with Gasteiger partial charge in [-0.05, 0) is 37.5 Å². The molecule has 0 aliphatic carbocycles. The van der Waals surface area contributed by atoms with E-state index in [0.29, 0.717) is 13.2 Å². The van der Waals surface area contributed by atoms with Crippen LogP contribution in [0.2, 0.25) is 0 Å². The Kier molecular flexibility index (Phi) is 3.76. The van der Waals surface area contributed by atoms with Crippen LogP contribution >= 0.6 is 0 Å². The highest BCUT2D eigenvalue weighted by atomic mass is 32.2. The van der Waals surface area contributed by atoms with Crippen molar-refractivity contribution in [2.75, 3.05) is 13.2 Å². The number of hydrogen-bond acceptors (Lipinski definition) is 3. The maximum absolute atomic E-state index is 13.0. The molecule has 17 heavy (non-hydrogen) atoms. The molecule has 1 aliphatic heterocycles. The van der Waals surface area contributed by atoms with Crippen molar-refractivity contribution < 1.29 is 17.6 Å². The summed E-state index contributed by atoms with van der Waals surface area (Å²) >= 11 is 0. The minimum atomic E-state index is -3.74. The molecule has 0 atom stereocenters. The van der Waals surface area contributed by atoms with E-state index < -0.39 is 15.8 Å². The van der Waals surface area contributed by atoms with E-state index in [1.165, 1.54) is 18.2 Å². The van der Waals surface area contributed by atoms with Crippen LogP contribution in [-0.4, -0.2) is 26.0 Å². The summed E-state index contributed by atoms with van der Waals surface area (Å²) in [5.41, 5.74) is 0. The molecular formula is C11H14FNO3S. The van der Waals surface area contributed by atoms with Gasteiger partial charge in [-0.3, -0.25) is 4.84 Å². The molecule has 1 aromatic carbocycles. The van der Waals surface area contributed by atoms with Crippen LogP contribution in [0.15, 0.2) is 29.2 Å². The van der Waals surface area contributed by atoms with Crippen molar-refractivity contribution in [3.8, 4) is 0 Å². The fourth-order valence-corrected chi connectivity index (χ4v) is 3.02. The standard InChI is InChI=1S/C11H14FNO3S/c12-10-5-4-6-11(9-10)17(14,15)13-7-2-1-3-8-16-13/h4-6,9H,1-3,7-8H2. The molecule has 1 fully saturated rings. The summed E-state index contributed by atoms with van der Waals surface area (Å²) in [6, 6.07) is 4.96. The molecule has 0 saturated carbocycles. The Labute approximate surface area is 100 Å². The van der Waals surface area contributed by atoms with Crippen molar-refractivity contribution >= 4 is 10.0 Å². The Balaban J connectivity index is 2.28. The Hall–Kier alpha value is -0.980. The zero-order chi connectivity index (χ0) is 12.3. The van der Waals surface area contributed by atoms with Gasteiger partial charge in [-0.2, -0.15) is 0 Å². The van der Waals surface area contributed by atoms with E-state index in [4.69, 9.17) is 4.84 Å². The largest absolute Gasteiger partial charge is 0.284 e. The first kappa shape index (κ1) is 12.5. The average molecular weight is 259 g/mol. The molecule has 1 saturated heterocycles. The van der Waals surface area contributed by atoms with E-state index in [2.05, 4.69) is 0 Å². The number of hydroxylamine groups is 1. The van der Waals surface area contributed by atoms with Crippen LogP contribution in [0.3, 0.4) is 0 Å². The Morgan fingerprint density at radius 2 is 2.06 bits per heavy atom. The highest BCUT2D eigenvalue weighted by Gasteiger charge is 2.26. The summed E-state index contributed by atoms with van der Waals surface area (Å²) in [4.78, 5) is 5.11. The van der Waals surface area contributed by atoms with Crippen LogP contribution in [0.4, 0.5) is 4.39 Å². The molecule has 0 spiro atoms. The second-order valence-electron chi connectivity index (χ2n) is 3.88. The van der Waals surface area contributed by atoms with Crippen LogP contribution < -0.4 is 0 Å². The van der Waals surface area contributed by atoms with Gasteiger partial charge in [0, 0.05) is 6.54 Å². The first-order chi connectivity index (χ1) is 8.10. The summed E-state index contributed by atoms with van der Waals surface area (Å²) in [6.07, 6.45) is 2.54. The predicted octanol–water partition coefficient (Wildman–Crippen LogP) is 1.93. The average Bonchev–Trinajstić information content (AvgIpc) is 2.58. The van der Waals surface area contributed by atoms with Gasteiger partial charge in [0.2, 0.25) is 0 Å². The molecule has 1 heterocycles. The second kappa shape index (κ2) is 5.12. The van der Waals surface area contributed by atoms with E-state index in [0.717, 1.165) is 29.8 Å². The number of rotatable bonds is 2. The highest BCUT2D eigenvalue weighted by molar-refractivity contribution is 7.89.